The minimum absolute atomic E-state index is 0.152. The molecule has 24 heavy (non-hydrogen) atoms. The van der Waals surface area contributed by atoms with Crippen molar-refractivity contribution < 1.29 is 14.6 Å². The Kier molecular flexibility index (Phi) is 6.40. The smallest absolute Gasteiger partial charge is 0.253 e. The molecule has 1 amide bonds. The van der Waals surface area contributed by atoms with Gasteiger partial charge in [-0.15, -0.1) is 0 Å². The van der Waals surface area contributed by atoms with Crippen molar-refractivity contribution in [2.24, 2.45) is 0 Å². The van der Waals surface area contributed by atoms with Crippen LogP contribution in [0.25, 0.3) is 0 Å². The molecule has 1 N–H and O–H groups in total. The second kappa shape index (κ2) is 8.31. The number of nitrogens with zero attached hydrogens (tertiary/aromatic N) is 1. The van der Waals surface area contributed by atoms with Gasteiger partial charge < -0.3 is 14.7 Å². The highest BCUT2D eigenvalue weighted by Gasteiger charge is 2.25. The van der Waals surface area contributed by atoms with Crippen molar-refractivity contribution in [1.29, 1.82) is 0 Å². The molecule has 0 aliphatic heterocycles. The highest BCUT2D eigenvalue weighted by Crippen LogP contribution is 2.27. The quantitative estimate of drug-likeness (QED) is 0.807. The summed E-state index contributed by atoms with van der Waals surface area (Å²) in [5.41, 5.74) is 1.33. The third-order valence-electron chi connectivity index (χ3n) is 4.01. The summed E-state index contributed by atoms with van der Waals surface area (Å²) in [4.78, 5) is 14.3. The van der Waals surface area contributed by atoms with Crippen LogP contribution in [-0.4, -0.2) is 35.6 Å². The lowest BCUT2D eigenvalue weighted by atomic mass is 10.0. The van der Waals surface area contributed by atoms with Crippen LogP contribution in [0, 0.1) is 0 Å². The Bertz CT molecular complexity index is 690. The molecule has 2 atom stereocenters. The number of ether oxygens (including phenoxy) is 1. The molecule has 4 nitrogen and oxygen atoms in total. The molecular formula is C19H22BrNO3. The van der Waals surface area contributed by atoms with Crippen LogP contribution in [0.2, 0.25) is 0 Å². The van der Waals surface area contributed by atoms with E-state index in [1.54, 1.807) is 30.1 Å². The minimum Gasteiger partial charge on any atom is -0.493 e. The molecule has 0 aliphatic rings. The molecule has 0 aromatic heterocycles. The zero-order chi connectivity index (χ0) is 17.7. The van der Waals surface area contributed by atoms with Crippen LogP contribution in [-0.2, 0) is 0 Å². The maximum Gasteiger partial charge on any atom is 0.253 e. The van der Waals surface area contributed by atoms with E-state index in [9.17, 15) is 9.90 Å². The number of amides is 1. The zero-order valence-corrected chi connectivity index (χ0v) is 15.7. The Balaban J connectivity index is 2.15. The van der Waals surface area contributed by atoms with Gasteiger partial charge in [-0.3, -0.25) is 4.79 Å². The SMILES string of the molecule is CCOc1ccc(C(=O)N(C)C(C)C(O)c2ccccc2)cc1Br. The van der Waals surface area contributed by atoms with Crippen LogP contribution in [0.1, 0.15) is 35.9 Å². The van der Waals surface area contributed by atoms with Gasteiger partial charge in [0.25, 0.3) is 5.91 Å². The summed E-state index contributed by atoms with van der Waals surface area (Å²) in [6.45, 7) is 4.30. The van der Waals surface area contributed by atoms with E-state index < -0.39 is 6.10 Å². The second-order valence-electron chi connectivity index (χ2n) is 5.59. The van der Waals surface area contributed by atoms with Crippen LogP contribution in [0.15, 0.2) is 53.0 Å². The third-order valence-corrected chi connectivity index (χ3v) is 4.63. The first-order valence-corrected chi connectivity index (χ1v) is 8.67. The van der Waals surface area contributed by atoms with E-state index in [1.165, 1.54) is 0 Å². The molecule has 0 spiro atoms. The number of carbonyl (C=O) groups is 1. The predicted octanol–water partition coefficient (Wildman–Crippen LogP) is 4.04. The first-order valence-electron chi connectivity index (χ1n) is 7.88. The monoisotopic (exact) mass is 391 g/mol. The van der Waals surface area contributed by atoms with E-state index in [-0.39, 0.29) is 11.9 Å². The predicted molar refractivity (Wildman–Crippen MR) is 98.3 cm³/mol. The number of likely N-dealkylation sites (N-methyl/N-ethyl adjacent to an activating group) is 1. The van der Waals surface area contributed by atoms with E-state index in [0.717, 1.165) is 10.0 Å². The van der Waals surface area contributed by atoms with Crippen LogP contribution in [0.5, 0.6) is 5.75 Å². The van der Waals surface area contributed by atoms with Gasteiger partial charge in [-0.25, -0.2) is 0 Å². The Morgan fingerprint density at radius 3 is 2.50 bits per heavy atom. The van der Waals surface area contributed by atoms with Crippen molar-refractivity contribution in [3.05, 3.63) is 64.1 Å². The maximum absolute atomic E-state index is 12.7. The number of carbonyl (C=O) groups excluding carboxylic acids is 1. The molecule has 0 fully saturated rings. The van der Waals surface area contributed by atoms with Crippen LogP contribution < -0.4 is 4.74 Å². The normalized spacial score (nSPS) is 13.2. The molecule has 0 saturated carbocycles. The molecule has 0 bridgehead atoms. The van der Waals surface area contributed by atoms with Crippen LogP contribution in [0.3, 0.4) is 0 Å². The van der Waals surface area contributed by atoms with Gasteiger partial charge in [-0.2, -0.15) is 0 Å². The van der Waals surface area contributed by atoms with E-state index in [4.69, 9.17) is 4.74 Å². The van der Waals surface area contributed by atoms with E-state index in [2.05, 4.69) is 15.9 Å². The highest BCUT2D eigenvalue weighted by molar-refractivity contribution is 9.10. The average molecular weight is 392 g/mol. The number of aliphatic hydroxyl groups excluding tert-OH is 1. The number of benzene rings is 2. The summed E-state index contributed by atoms with van der Waals surface area (Å²) < 4.78 is 6.20. The fourth-order valence-corrected chi connectivity index (χ4v) is 2.93. The molecule has 2 unspecified atom stereocenters. The standard InChI is InChI=1S/C19H22BrNO3/c1-4-24-17-11-10-15(12-16(17)20)19(23)21(3)13(2)18(22)14-8-6-5-7-9-14/h5-13,18,22H,4H2,1-3H3. The fraction of sp³-hybridized carbons (Fsp3) is 0.316. The van der Waals surface area contributed by atoms with E-state index in [1.807, 2.05) is 44.2 Å². The second-order valence-corrected chi connectivity index (χ2v) is 6.44. The first-order chi connectivity index (χ1) is 11.5. The van der Waals surface area contributed by atoms with Crippen molar-refractivity contribution in [2.45, 2.75) is 26.0 Å². The number of hydrogen-bond donors (Lipinski definition) is 1. The van der Waals surface area contributed by atoms with Gasteiger partial charge in [-0.1, -0.05) is 30.3 Å². The Labute approximate surface area is 151 Å². The third kappa shape index (κ3) is 4.16. The number of hydrogen-bond acceptors (Lipinski definition) is 3. The summed E-state index contributed by atoms with van der Waals surface area (Å²) in [7, 11) is 1.70. The van der Waals surface area contributed by atoms with Crippen molar-refractivity contribution in [3.63, 3.8) is 0 Å². The molecule has 2 aromatic rings. The van der Waals surface area contributed by atoms with Crippen molar-refractivity contribution in [1.82, 2.24) is 4.90 Å². The lowest BCUT2D eigenvalue weighted by Gasteiger charge is -2.29. The van der Waals surface area contributed by atoms with Crippen LogP contribution >= 0.6 is 15.9 Å². The van der Waals surface area contributed by atoms with Crippen molar-refractivity contribution in [2.75, 3.05) is 13.7 Å². The lowest BCUT2D eigenvalue weighted by molar-refractivity contribution is 0.0487. The van der Waals surface area contributed by atoms with Gasteiger partial charge in [0.15, 0.2) is 0 Å². The maximum atomic E-state index is 12.7. The van der Waals surface area contributed by atoms with Gasteiger partial charge in [-0.05, 0) is 53.5 Å². The topological polar surface area (TPSA) is 49.8 Å². The van der Waals surface area contributed by atoms with Gasteiger partial charge in [0, 0.05) is 12.6 Å². The molecule has 0 heterocycles. The zero-order valence-electron chi connectivity index (χ0n) is 14.1. The summed E-state index contributed by atoms with van der Waals surface area (Å²) >= 11 is 3.42. The minimum atomic E-state index is -0.744. The number of rotatable bonds is 6. The van der Waals surface area contributed by atoms with Gasteiger partial charge in [0.05, 0.1) is 23.2 Å². The van der Waals surface area contributed by atoms with E-state index in [0.29, 0.717) is 17.9 Å². The summed E-state index contributed by atoms with van der Waals surface area (Å²) in [6.07, 6.45) is -0.744. The molecule has 2 aromatic carbocycles. The summed E-state index contributed by atoms with van der Waals surface area (Å²) in [5.74, 6) is 0.551. The molecule has 2 rings (SSSR count). The van der Waals surface area contributed by atoms with E-state index >= 15 is 0 Å². The molecule has 128 valence electrons. The molecule has 0 aliphatic carbocycles. The summed E-state index contributed by atoms with van der Waals surface area (Å²) in [6, 6.07) is 14.2. The Hall–Kier alpha value is -1.85. The highest BCUT2D eigenvalue weighted by atomic mass is 79.9. The van der Waals surface area contributed by atoms with Gasteiger partial charge in [0.1, 0.15) is 5.75 Å². The van der Waals surface area contributed by atoms with Crippen molar-refractivity contribution in [3.8, 4) is 5.75 Å². The summed E-state index contributed by atoms with van der Waals surface area (Å²) in [5, 5.41) is 10.5. The van der Waals surface area contributed by atoms with Crippen LogP contribution in [0.4, 0.5) is 0 Å². The molecule has 5 heteroatoms. The Morgan fingerprint density at radius 2 is 1.92 bits per heavy atom. The molecular weight excluding hydrogens is 370 g/mol. The van der Waals surface area contributed by atoms with Crippen molar-refractivity contribution >= 4 is 21.8 Å². The van der Waals surface area contributed by atoms with Gasteiger partial charge >= 0.3 is 0 Å². The molecule has 0 radical (unpaired) electrons. The average Bonchev–Trinajstić information content (AvgIpc) is 2.61. The largest absolute Gasteiger partial charge is 0.493 e. The number of aliphatic hydroxyl groups is 1. The first kappa shape index (κ1) is 18.5. The molecule has 0 saturated heterocycles. The van der Waals surface area contributed by atoms with Gasteiger partial charge in [0.2, 0.25) is 0 Å². The fourth-order valence-electron chi connectivity index (χ4n) is 2.44. The lowest BCUT2D eigenvalue weighted by Crippen LogP contribution is -2.39. The Morgan fingerprint density at radius 1 is 1.25 bits per heavy atom. The number of halogens is 1.